The first-order valence-corrected chi connectivity index (χ1v) is 18.2. The van der Waals surface area contributed by atoms with Crippen LogP contribution in [0.1, 0.15) is 52.7 Å². The molecule has 0 unspecified atom stereocenters. The highest BCUT2D eigenvalue weighted by Crippen LogP contribution is 2.46. The number of phenolic OH excluding ortho intramolecular Hbond substituents is 1. The number of benzene rings is 6. The molecule has 9 rings (SSSR count). The molecule has 0 saturated heterocycles. The fourth-order valence-electron chi connectivity index (χ4n) is 7.70. The first-order valence-electron chi connectivity index (χ1n) is 18.2. The molecular formula is C48H41N3O2. The van der Waals surface area contributed by atoms with E-state index in [2.05, 4.69) is 143 Å². The second kappa shape index (κ2) is 11.9. The number of hydrogen-bond acceptors (Lipinski definition) is 4. The van der Waals surface area contributed by atoms with Crippen LogP contribution in [-0.2, 0) is 10.8 Å². The predicted molar refractivity (Wildman–Crippen MR) is 219 cm³/mol. The van der Waals surface area contributed by atoms with E-state index in [1.54, 1.807) is 0 Å². The second-order valence-corrected chi connectivity index (χ2v) is 16.1. The minimum Gasteiger partial charge on any atom is -0.507 e. The van der Waals surface area contributed by atoms with Crippen molar-refractivity contribution < 1.29 is 9.52 Å². The van der Waals surface area contributed by atoms with Gasteiger partial charge in [0, 0.05) is 39.0 Å². The average Bonchev–Trinajstić information content (AvgIpc) is 3.72. The fourth-order valence-corrected chi connectivity index (χ4v) is 7.70. The molecule has 0 aliphatic heterocycles. The van der Waals surface area contributed by atoms with Crippen LogP contribution in [0.15, 0.2) is 138 Å². The molecule has 9 aromatic rings. The molecule has 5 nitrogen and oxygen atoms in total. The number of hydrogen-bond donors (Lipinski definition) is 1. The van der Waals surface area contributed by atoms with Gasteiger partial charge in [-0.3, -0.25) is 9.55 Å². The van der Waals surface area contributed by atoms with Crippen molar-refractivity contribution in [1.82, 2.24) is 14.5 Å². The Morgan fingerprint density at radius 3 is 2.13 bits per heavy atom. The minimum atomic E-state index is -0.304. The van der Waals surface area contributed by atoms with Gasteiger partial charge in [0.25, 0.3) is 0 Å². The number of furan rings is 1. The van der Waals surface area contributed by atoms with Gasteiger partial charge in [0.05, 0.1) is 28.0 Å². The molecule has 0 saturated carbocycles. The largest absolute Gasteiger partial charge is 0.507 e. The van der Waals surface area contributed by atoms with Gasteiger partial charge in [0.1, 0.15) is 22.7 Å². The molecular weight excluding hydrogens is 651 g/mol. The molecule has 0 spiro atoms. The molecule has 0 radical (unpaired) electrons. The molecule has 0 bridgehead atoms. The number of fused-ring (bicyclic) bond motifs is 5. The van der Waals surface area contributed by atoms with Gasteiger partial charge in [-0.2, -0.15) is 0 Å². The Morgan fingerprint density at radius 1 is 0.623 bits per heavy atom. The van der Waals surface area contributed by atoms with E-state index >= 15 is 0 Å². The van der Waals surface area contributed by atoms with Crippen molar-refractivity contribution in [2.75, 3.05) is 0 Å². The maximum Gasteiger partial charge on any atom is 0.149 e. The Balaban J connectivity index is 1.43. The van der Waals surface area contributed by atoms with Crippen LogP contribution in [0, 0.1) is 0 Å². The van der Waals surface area contributed by atoms with E-state index in [1.807, 2.05) is 36.5 Å². The highest BCUT2D eigenvalue weighted by Gasteiger charge is 2.29. The number of aromatic nitrogens is 3. The molecule has 0 atom stereocenters. The van der Waals surface area contributed by atoms with Crippen LogP contribution in [-0.4, -0.2) is 19.6 Å². The predicted octanol–water partition coefficient (Wildman–Crippen LogP) is 12.8. The maximum absolute atomic E-state index is 12.3. The summed E-state index contributed by atoms with van der Waals surface area (Å²) in [6.07, 6.45) is 1.82. The number of rotatable bonds is 4. The Morgan fingerprint density at radius 2 is 1.36 bits per heavy atom. The summed E-state index contributed by atoms with van der Waals surface area (Å²) >= 11 is 0. The Bertz CT molecular complexity index is 2860. The second-order valence-electron chi connectivity index (χ2n) is 16.1. The molecule has 0 amide bonds. The Kier molecular flexibility index (Phi) is 7.35. The van der Waals surface area contributed by atoms with Crippen molar-refractivity contribution in [3.05, 3.63) is 145 Å². The van der Waals surface area contributed by atoms with Crippen molar-refractivity contribution in [1.29, 1.82) is 0 Å². The van der Waals surface area contributed by atoms with Gasteiger partial charge < -0.3 is 9.52 Å². The lowest BCUT2D eigenvalue weighted by Gasteiger charge is -2.27. The third-order valence-corrected chi connectivity index (χ3v) is 10.4. The third-order valence-electron chi connectivity index (χ3n) is 10.4. The van der Waals surface area contributed by atoms with Gasteiger partial charge in [-0.15, -0.1) is 0 Å². The molecule has 1 N–H and O–H groups in total. The quantitative estimate of drug-likeness (QED) is 0.199. The summed E-state index contributed by atoms with van der Waals surface area (Å²) in [4.78, 5) is 10.3. The first kappa shape index (κ1) is 32.7. The molecule has 3 heterocycles. The van der Waals surface area contributed by atoms with Crippen LogP contribution >= 0.6 is 0 Å². The van der Waals surface area contributed by atoms with E-state index in [0.717, 1.165) is 82.9 Å². The molecule has 0 aliphatic rings. The monoisotopic (exact) mass is 691 g/mol. The summed E-state index contributed by atoms with van der Waals surface area (Å²) in [6, 6.07) is 44.0. The van der Waals surface area contributed by atoms with Gasteiger partial charge in [0.2, 0.25) is 0 Å². The number of pyridine rings is 1. The molecule has 3 aromatic heterocycles. The highest BCUT2D eigenvalue weighted by molar-refractivity contribution is 6.16. The summed E-state index contributed by atoms with van der Waals surface area (Å²) in [5, 5.41) is 16.6. The SMILES string of the molecule is CC(C)(C)c1cc(-c2nc3c(-c4cc(-c5ccccn5)cc5oc6ccccc6c45)cccc3n2-c2cccc3ccccc23)c(O)c(C(C)(C)C)c1. The van der Waals surface area contributed by atoms with Crippen LogP contribution in [0.3, 0.4) is 0 Å². The van der Waals surface area contributed by atoms with Gasteiger partial charge >= 0.3 is 0 Å². The normalized spacial score (nSPS) is 12.4. The Hall–Kier alpha value is -6.20. The van der Waals surface area contributed by atoms with E-state index < -0.39 is 0 Å². The molecule has 6 aromatic carbocycles. The maximum atomic E-state index is 12.3. The lowest BCUT2D eigenvalue weighted by atomic mass is 9.79. The van der Waals surface area contributed by atoms with Gasteiger partial charge in [-0.25, -0.2) is 4.98 Å². The average molecular weight is 692 g/mol. The first-order chi connectivity index (χ1) is 25.5. The van der Waals surface area contributed by atoms with Crippen LogP contribution in [0.2, 0.25) is 0 Å². The van der Waals surface area contributed by atoms with Gasteiger partial charge in [0.15, 0.2) is 0 Å². The van der Waals surface area contributed by atoms with Crippen LogP contribution in [0.4, 0.5) is 0 Å². The number of para-hydroxylation sites is 2. The third kappa shape index (κ3) is 5.38. The van der Waals surface area contributed by atoms with Crippen LogP contribution < -0.4 is 0 Å². The van der Waals surface area contributed by atoms with Crippen molar-refractivity contribution in [2.24, 2.45) is 0 Å². The summed E-state index contributed by atoms with van der Waals surface area (Å²) < 4.78 is 8.76. The topological polar surface area (TPSA) is 64.1 Å². The number of imidazole rings is 1. The highest BCUT2D eigenvalue weighted by atomic mass is 16.3. The van der Waals surface area contributed by atoms with E-state index in [-0.39, 0.29) is 16.6 Å². The van der Waals surface area contributed by atoms with Gasteiger partial charge in [-0.1, -0.05) is 120 Å². The van der Waals surface area contributed by atoms with Gasteiger partial charge in [-0.05, 0) is 75.9 Å². The lowest BCUT2D eigenvalue weighted by Crippen LogP contribution is -2.17. The molecule has 260 valence electrons. The molecule has 0 aliphatic carbocycles. The van der Waals surface area contributed by atoms with Crippen LogP contribution in [0.5, 0.6) is 5.75 Å². The van der Waals surface area contributed by atoms with Crippen molar-refractivity contribution in [3.63, 3.8) is 0 Å². The zero-order valence-corrected chi connectivity index (χ0v) is 30.9. The van der Waals surface area contributed by atoms with E-state index in [4.69, 9.17) is 14.4 Å². The standard InChI is InChI=1S/C48H41N3O2/c1-47(2,3)31-27-36(45(52)37(28-31)48(4,5)6)46-50-44-33(19-14-22-40(44)51(46)39-21-13-16-29-15-7-8-17-32(29)39)35-25-30(38-20-11-12-24-49-38)26-42-43(35)34-18-9-10-23-41(34)53-42/h7-28,52H,1-6H3. The molecule has 0 fully saturated rings. The van der Waals surface area contributed by atoms with Crippen molar-refractivity contribution >= 4 is 43.7 Å². The van der Waals surface area contributed by atoms with Crippen LogP contribution in [0.25, 0.3) is 83.2 Å². The number of phenols is 1. The number of nitrogens with zero attached hydrogens (tertiary/aromatic N) is 3. The van der Waals surface area contributed by atoms with E-state index in [0.29, 0.717) is 11.4 Å². The molecule has 5 heteroatoms. The summed E-state index contributed by atoms with van der Waals surface area (Å²) in [7, 11) is 0. The number of aromatic hydroxyl groups is 1. The minimum absolute atomic E-state index is 0.163. The van der Waals surface area contributed by atoms with E-state index in [1.165, 1.54) is 0 Å². The molecule has 53 heavy (non-hydrogen) atoms. The zero-order valence-electron chi connectivity index (χ0n) is 30.9. The summed E-state index contributed by atoms with van der Waals surface area (Å²) in [5.74, 6) is 0.941. The lowest BCUT2D eigenvalue weighted by molar-refractivity contribution is 0.446. The fraction of sp³-hybridized carbons (Fsp3) is 0.167. The Labute approximate surface area is 309 Å². The summed E-state index contributed by atoms with van der Waals surface area (Å²) in [5.41, 5.74) is 10.5. The van der Waals surface area contributed by atoms with E-state index in [9.17, 15) is 5.11 Å². The van der Waals surface area contributed by atoms with Crippen molar-refractivity contribution in [3.8, 4) is 45.2 Å². The smallest absolute Gasteiger partial charge is 0.149 e. The summed E-state index contributed by atoms with van der Waals surface area (Å²) in [6.45, 7) is 13.1. The van der Waals surface area contributed by atoms with Crippen molar-refractivity contribution in [2.45, 2.75) is 52.4 Å². The zero-order chi connectivity index (χ0) is 36.6.